The molecule has 5 aromatic rings. The number of hydrogen-bond acceptors (Lipinski definition) is 3. The van der Waals surface area contributed by atoms with Gasteiger partial charge in [-0.05, 0) is 67.3 Å². The molecule has 2 heterocycles. The number of carbonyl (C=O) groups is 2. The van der Waals surface area contributed by atoms with Gasteiger partial charge in [-0.2, -0.15) is 0 Å². The number of fused-ring (bicyclic) bond motifs is 2. The molecule has 0 atom stereocenters. The van der Waals surface area contributed by atoms with Gasteiger partial charge in [0.1, 0.15) is 5.75 Å². The van der Waals surface area contributed by atoms with Gasteiger partial charge in [-0.3, -0.25) is 9.59 Å². The number of para-hydroxylation sites is 1. The minimum Gasteiger partial charge on any atom is -0.483 e. The van der Waals surface area contributed by atoms with E-state index in [1.165, 1.54) is 0 Å². The molecule has 0 aliphatic rings. The van der Waals surface area contributed by atoms with Crippen LogP contribution in [0.3, 0.4) is 0 Å². The van der Waals surface area contributed by atoms with Crippen LogP contribution in [0.25, 0.3) is 21.8 Å². The molecular weight excluding hydrogens is 560 g/mol. The third-order valence-electron chi connectivity index (χ3n) is 7.67. The van der Waals surface area contributed by atoms with Crippen LogP contribution in [0.2, 0.25) is 5.02 Å². The Labute approximate surface area is 257 Å². The lowest BCUT2D eigenvalue weighted by atomic mass is 9.83. The van der Waals surface area contributed by atoms with Gasteiger partial charge < -0.3 is 14.4 Å². The molecule has 0 amide bonds. The van der Waals surface area contributed by atoms with E-state index in [1.54, 1.807) is 13.8 Å². The average molecular weight is 598 g/mol. The summed E-state index contributed by atoms with van der Waals surface area (Å²) < 4.78 is 8.33. The van der Waals surface area contributed by atoms with Crippen LogP contribution in [0.1, 0.15) is 68.3 Å². The maximum Gasteiger partial charge on any atom is 0.309 e. The topological polar surface area (TPSA) is 82.7 Å². The third kappa shape index (κ3) is 6.91. The molecule has 0 aliphatic carbocycles. The van der Waals surface area contributed by atoms with E-state index in [2.05, 4.69) is 21.7 Å². The highest BCUT2D eigenvalue weighted by Crippen LogP contribution is 2.37. The van der Waals surface area contributed by atoms with E-state index >= 15 is 0 Å². The Bertz CT molecular complexity index is 1810. The van der Waals surface area contributed by atoms with Crippen molar-refractivity contribution < 1.29 is 24.4 Å². The summed E-state index contributed by atoms with van der Waals surface area (Å²) >= 11 is 6.16. The van der Waals surface area contributed by atoms with Crippen LogP contribution in [0, 0.1) is 10.8 Å². The summed E-state index contributed by atoms with van der Waals surface area (Å²) in [5.74, 6) is -0.296. The lowest BCUT2D eigenvalue weighted by Gasteiger charge is -2.23. The highest BCUT2D eigenvalue weighted by atomic mass is 35.5. The smallest absolute Gasteiger partial charge is 0.309 e. The number of carboxylic acid groups (broad SMARTS) is 1. The van der Waals surface area contributed by atoms with Crippen molar-refractivity contribution in [1.82, 2.24) is 4.57 Å². The third-order valence-corrected chi connectivity index (χ3v) is 7.92. The molecule has 0 fully saturated rings. The maximum atomic E-state index is 14.1. The molecule has 0 spiro atoms. The zero-order chi connectivity index (χ0) is 30.9. The first-order valence-electron chi connectivity index (χ1n) is 14.5. The Kier molecular flexibility index (Phi) is 8.35. The van der Waals surface area contributed by atoms with Crippen molar-refractivity contribution in [2.75, 3.05) is 0 Å². The summed E-state index contributed by atoms with van der Waals surface area (Å²) in [5.41, 5.74) is 3.74. The van der Waals surface area contributed by atoms with Crippen LogP contribution < -0.4 is 9.72 Å². The van der Waals surface area contributed by atoms with Crippen LogP contribution >= 0.6 is 11.6 Å². The molecule has 3 aromatic carbocycles. The monoisotopic (exact) mass is 597 g/mol. The number of halogens is 1. The van der Waals surface area contributed by atoms with Gasteiger partial charge in [0.25, 0.3) is 0 Å². The number of ether oxygens (including phenoxy) is 1. The molecule has 43 heavy (non-hydrogen) atoms. The van der Waals surface area contributed by atoms with Gasteiger partial charge >= 0.3 is 5.97 Å². The summed E-state index contributed by atoms with van der Waals surface area (Å²) in [6, 6.07) is 25.5. The molecule has 2 N–H and O–H groups in total. The molecule has 0 saturated carbocycles. The van der Waals surface area contributed by atoms with Gasteiger partial charge in [-0.15, -0.1) is 0 Å². The second-order valence-corrected chi connectivity index (χ2v) is 13.5. The highest BCUT2D eigenvalue weighted by Gasteiger charge is 2.34. The Hall–Kier alpha value is -4.16. The van der Waals surface area contributed by atoms with Crippen molar-refractivity contribution in [2.24, 2.45) is 10.8 Å². The molecular formula is C36H38ClN2O4+. The largest absolute Gasteiger partial charge is 0.483 e. The number of hydrogen-bond donors (Lipinski definition) is 1. The number of ketones is 1. The predicted molar refractivity (Wildman–Crippen MR) is 171 cm³/mol. The highest BCUT2D eigenvalue weighted by molar-refractivity contribution is 6.30. The quantitative estimate of drug-likeness (QED) is 0.165. The molecule has 0 bridgehead atoms. The van der Waals surface area contributed by atoms with Gasteiger partial charge in [-0.1, -0.05) is 56.6 Å². The Morgan fingerprint density at radius 2 is 1.65 bits per heavy atom. The summed E-state index contributed by atoms with van der Waals surface area (Å²) in [4.78, 5) is 29.8. The van der Waals surface area contributed by atoms with Crippen molar-refractivity contribution in [3.63, 3.8) is 0 Å². The number of carboxylic acids is 1. The number of pyridine rings is 1. The van der Waals surface area contributed by atoms with E-state index in [-0.39, 0.29) is 17.6 Å². The molecule has 7 heteroatoms. The number of nitrogens with zero attached hydrogens (tertiary/aromatic N) is 1. The number of aromatic nitrogens is 2. The molecule has 0 saturated heterocycles. The van der Waals surface area contributed by atoms with Crippen molar-refractivity contribution in [2.45, 2.75) is 60.6 Å². The van der Waals surface area contributed by atoms with E-state index in [9.17, 15) is 14.7 Å². The number of rotatable bonds is 10. The van der Waals surface area contributed by atoms with Gasteiger partial charge in [0.2, 0.25) is 11.2 Å². The molecule has 0 aliphatic heterocycles. The van der Waals surface area contributed by atoms with Gasteiger partial charge in [0.05, 0.1) is 5.41 Å². The van der Waals surface area contributed by atoms with Crippen molar-refractivity contribution >= 4 is 45.2 Å². The van der Waals surface area contributed by atoms with Crippen LogP contribution in [0.5, 0.6) is 5.75 Å². The number of carbonyl (C=O) groups excluding carboxylic acids is 1. The maximum absolute atomic E-state index is 14.1. The Morgan fingerprint density at radius 1 is 0.930 bits per heavy atom. The Morgan fingerprint density at radius 3 is 2.35 bits per heavy atom. The van der Waals surface area contributed by atoms with Crippen LogP contribution in [-0.4, -0.2) is 21.4 Å². The zero-order valence-electron chi connectivity index (χ0n) is 25.3. The van der Waals surface area contributed by atoms with Gasteiger partial charge in [0.15, 0.2) is 12.4 Å². The predicted octanol–water partition coefficient (Wildman–Crippen LogP) is 8.16. The minimum absolute atomic E-state index is 0.0106. The fraction of sp³-hybridized carbons (Fsp3) is 0.306. The van der Waals surface area contributed by atoms with E-state index in [0.29, 0.717) is 41.6 Å². The SMILES string of the molecule is CC(C)(C)CC(=O)c1c(CC(C)(C)C(=O)O)n(Cc2ccc(Cl)cc2)c2ccc(OCc3ccc4ccccc4[nH+]3)cc12. The normalized spacial score (nSPS) is 12.1. The zero-order valence-corrected chi connectivity index (χ0v) is 26.1. The Balaban J connectivity index is 1.62. The number of aliphatic carboxylic acids is 1. The second kappa shape index (κ2) is 11.8. The van der Waals surface area contributed by atoms with E-state index < -0.39 is 11.4 Å². The molecule has 0 radical (unpaired) electrons. The molecule has 0 unspecified atom stereocenters. The summed E-state index contributed by atoms with van der Waals surface area (Å²) in [7, 11) is 0. The van der Waals surface area contributed by atoms with Gasteiger partial charge in [0, 0.05) is 64.1 Å². The van der Waals surface area contributed by atoms with E-state index in [1.807, 2.05) is 87.5 Å². The first-order chi connectivity index (χ1) is 20.3. The lowest BCUT2D eigenvalue weighted by molar-refractivity contribution is -0.362. The number of aromatic amines is 1. The van der Waals surface area contributed by atoms with E-state index in [4.69, 9.17) is 16.3 Å². The number of benzene rings is 3. The number of Topliss-reactive ketones (excluding diaryl/α,β-unsaturated/α-hetero) is 1. The fourth-order valence-corrected chi connectivity index (χ4v) is 5.52. The van der Waals surface area contributed by atoms with Crippen LogP contribution in [0.4, 0.5) is 0 Å². The first-order valence-corrected chi connectivity index (χ1v) is 14.9. The standard InChI is InChI=1S/C36H37ClN2O4/c1-35(2,3)20-32(40)33-28-18-27(43-22-26-15-12-24-8-6-7-9-29(24)38-26)16-17-30(28)39(21-23-10-13-25(37)14-11-23)31(33)19-36(4,5)34(41)42/h6-18H,19-22H2,1-5H3,(H,41,42)/p+1. The van der Waals surface area contributed by atoms with Crippen LogP contribution in [-0.2, 0) is 24.4 Å². The van der Waals surface area contributed by atoms with Crippen molar-refractivity contribution in [1.29, 1.82) is 0 Å². The van der Waals surface area contributed by atoms with Crippen LogP contribution in [0.15, 0.2) is 78.9 Å². The molecule has 6 nitrogen and oxygen atoms in total. The lowest BCUT2D eigenvalue weighted by Crippen LogP contribution is -2.28. The molecule has 2 aromatic heterocycles. The number of nitrogens with one attached hydrogen (secondary N) is 1. The molecule has 222 valence electrons. The van der Waals surface area contributed by atoms with E-state index in [0.717, 1.165) is 33.1 Å². The molecule has 5 rings (SSSR count). The van der Waals surface area contributed by atoms with Crippen molar-refractivity contribution in [3.8, 4) is 5.75 Å². The summed E-state index contributed by atoms with van der Waals surface area (Å²) in [5, 5.41) is 12.6. The minimum atomic E-state index is -1.09. The average Bonchev–Trinajstić information content (AvgIpc) is 3.23. The number of H-pyrrole nitrogens is 1. The van der Waals surface area contributed by atoms with Crippen molar-refractivity contribution in [3.05, 3.63) is 106 Å². The first kappa shape index (κ1) is 30.3. The fourth-order valence-electron chi connectivity index (χ4n) is 5.40. The summed E-state index contributed by atoms with van der Waals surface area (Å²) in [6.45, 7) is 10.3. The van der Waals surface area contributed by atoms with Gasteiger partial charge in [-0.25, -0.2) is 4.98 Å². The summed E-state index contributed by atoms with van der Waals surface area (Å²) in [6.07, 6.45) is 0.517. The second-order valence-electron chi connectivity index (χ2n) is 13.1.